The number of hydrogen-bond donors (Lipinski definition) is 0. The second-order valence-electron chi connectivity index (χ2n) is 4.96. The number of nitrogens with zero attached hydrogens (tertiary/aromatic N) is 1. The van der Waals surface area contributed by atoms with Crippen LogP contribution in [0.5, 0.6) is 0 Å². The van der Waals surface area contributed by atoms with Crippen molar-refractivity contribution < 1.29 is 4.79 Å². The van der Waals surface area contributed by atoms with Crippen LogP contribution in [-0.2, 0) is 4.79 Å². The van der Waals surface area contributed by atoms with Gasteiger partial charge in [0.05, 0.1) is 0 Å². The first-order valence-electron chi connectivity index (χ1n) is 6.33. The smallest absolute Gasteiger partial charge is 0.219 e. The van der Waals surface area contributed by atoms with E-state index < -0.39 is 0 Å². The lowest BCUT2D eigenvalue weighted by Crippen LogP contribution is -2.36. The number of piperidine rings is 1. The molecule has 0 aromatic rings. The summed E-state index contributed by atoms with van der Waals surface area (Å²) in [5, 5.41) is 0. The minimum absolute atomic E-state index is 0.220. The second kappa shape index (κ2) is 6.58. The molecule has 1 aliphatic heterocycles. The van der Waals surface area contributed by atoms with Crippen LogP contribution >= 0.6 is 0 Å². The van der Waals surface area contributed by atoms with Crippen molar-refractivity contribution in [3.05, 3.63) is 0 Å². The molecular weight excluding hydrogens is 198 g/mol. The van der Waals surface area contributed by atoms with Crippen LogP contribution in [0.4, 0.5) is 0 Å². The first kappa shape index (κ1) is 13.1. The van der Waals surface area contributed by atoms with Crippen molar-refractivity contribution in [3.8, 4) is 11.8 Å². The lowest BCUT2D eigenvalue weighted by Gasteiger charge is -2.30. The Morgan fingerprint density at radius 3 is 2.50 bits per heavy atom. The maximum atomic E-state index is 11.1. The predicted octanol–water partition coefficient (Wildman–Crippen LogP) is 2.68. The van der Waals surface area contributed by atoms with Crippen LogP contribution in [-0.4, -0.2) is 23.9 Å². The van der Waals surface area contributed by atoms with Crippen molar-refractivity contribution in [1.82, 2.24) is 4.90 Å². The van der Waals surface area contributed by atoms with E-state index in [1.165, 1.54) is 6.42 Å². The summed E-state index contributed by atoms with van der Waals surface area (Å²) < 4.78 is 0. The molecule has 0 radical (unpaired) electrons. The number of amides is 1. The molecule has 0 bridgehead atoms. The molecule has 0 atom stereocenters. The van der Waals surface area contributed by atoms with Crippen LogP contribution in [0.25, 0.3) is 0 Å². The van der Waals surface area contributed by atoms with E-state index in [9.17, 15) is 4.79 Å². The van der Waals surface area contributed by atoms with Crippen LogP contribution in [0.15, 0.2) is 0 Å². The summed E-state index contributed by atoms with van der Waals surface area (Å²) in [6.45, 7) is 7.79. The van der Waals surface area contributed by atoms with Gasteiger partial charge in [-0.15, -0.1) is 11.8 Å². The molecule has 0 unspecified atom stereocenters. The standard InChI is InChI=1S/C14H23NO/c1-12(2)6-4-5-7-14-8-10-15(11-9-14)13(3)16/h12,14H,5,7-11H2,1-3H3. The molecule has 0 saturated carbocycles. The van der Waals surface area contributed by atoms with Crippen LogP contribution in [0.2, 0.25) is 0 Å². The van der Waals surface area contributed by atoms with E-state index in [-0.39, 0.29) is 5.91 Å². The average Bonchev–Trinajstić information content (AvgIpc) is 2.25. The van der Waals surface area contributed by atoms with Gasteiger partial charge in [0.25, 0.3) is 0 Å². The van der Waals surface area contributed by atoms with Gasteiger partial charge >= 0.3 is 0 Å². The Labute approximate surface area is 99.4 Å². The molecule has 0 aliphatic carbocycles. The minimum Gasteiger partial charge on any atom is -0.343 e. The molecule has 1 aliphatic rings. The third-order valence-corrected chi connectivity index (χ3v) is 3.13. The molecule has 0 aromatic carbocycles. The van der Waals surface area contributed by atoms with E-state index in [4.69, 9.17) is 0 Å². The van der Waals surface area contributed by atoms with E-state index in [2.05, 4.69) is 25.7 Å². The molecule has 2 heteroatoms. The highest BCUT2D eigenvalue weighted by molar-refractivity contribution is 5.73. The molecule has 0 aromatic heterocycles. The molecule has 1 rings (SSSR count). The molecule has 0 spiro atoms. The summed E-state index contributed by atoms with van der Waals surface area (Å²) in [6, 6.07) is 0. The Morgan fingerprint density at radius 2 is 2.00 bits per heavy atom. The highest BCUT2D eigenvalue weighted by atomic mass is 16.2. The predicted molar refractivity (Wildman–Crippen MR) is 66.8 cm³/mol. The summed E-state index contributed by atoms with van der Waals surface area (Å²) in [7, 11) is 0. The molecule has 90 valence electrons. The van der Waals surface area contributed by atoms with Crippen molar-refractivity contribution in [1.29, 1.82) is 0 Å². The van der Waals surface area contributed by atoms with Crippen molar-refractivity contribution >= 4 is 5.91 Å². The van der Waals surface area contributed by atoms with E-state index in [0.717, 1.165) is 38.3 Å². The highest BCUT2D eigenvalue weighted by Gasteiger charge is 2.19. The quantitative estimate of drug-likeness (QED) is 0.656. The number of hydrogen-bond acceptors (Lipinski definition) is 1. The molecule has 16 heavy (non-hydrogen) atoms. The normalized spacial score (nSPS) is 17.1. The topological polar surface area (TPSA) is 20.3 Å². The maximum Gasteiger partial charge on any atom is 0.219 e. The molecule has 2 nitrogen and oxygen atoms in total. The number of carbonyl (C=O) groups excluding carboxylic acids is 1. The zero-order valence-corrected chi connectivity index (χ0v) is 10.8. The lowest BCUT2D eigenvalue weighted by molar-refractivity contribution is -0.130. The number of likely N-dealkylation sites (tertiary alicyclic amines) is 1. The van der Waals surface area contributed by atoms with Gasteiger partial charge in [-0.05, 0) is 25.2 Å². The average molecular weight is 221 g/mol. The Kier molecular flexibility index (Phi) is 5.38. The number of carbonyl (C=O) groups is 1. The van der Waals surface area contributed by atoms with Gasteiger partial charge in [-0.3, -0.25) is 4.79 Å². The van der Waals surface area contributed by atoms with E-state index in [1.807, 2.05) is 4.90 Å². The van der Waals surface area contributed by atoms with Gasteiger partial charge < -0.3 is 4.90 Å². The first-order chi connectivity index (χ1) is 7.59. The van der Waals surface area contributed by atoms with Gasteiger partial charge in [0.2, 0.25) is 5.91 Å². The third kappa shape index (κ3) is 4.70. The van der Waals surface area contributed by atoms with E-state index >= 15 is 0 Å². The minimum atomic E-state index is 0.220. The van der Waals surface area contributed by atoms with Gasteiger partial charge in [-0.25, -0.2) is 0 Å². The van der Waals surface area contributed by atoms with Crippen LogP contribution in [0, 0.1) is 23.7 Å². The van der Waals surface area contributed by atoms with Gasteiger partial charge in [0.1, 0.15) is 0 Å². The van der Waals surface area contributed by atoms with E-state index in [1.54, 1.807) is 6.92 Å². The Balaban J connectivity index is 2.18. The molecule has 1 fully saturated rings. The van der Waals surface area contributed by atoms with Crippen LogP contribution in [0.1, 0.15) is 46.5 Å². The van der Waals surface area contributed by atoms with Gasteiger partial charge in [-0.1, -0.05) is 13.8 Å². The molecular formula is C14H23NO. The molecule has 1 heterocycles. The molecule has 0 N–H and O–H groups in total. The molecule has 1 saturated heterocycles. The van der Waals surface area contributed by atoms with Crippen LogP contribution in [0.3, 0.4) is 0 Å². The summed E-state index contributed by atoms with van der Waals surface area (Å²) >= 11 is 0. The Morgan fingerprint density at radius 1 is 1.38 bits per heavy atom. The van der Waals surface area contributed by atoms with Crippen molar-refractivity contribution in [2.75, 3.05) is 13.1 Å². The second-order valence-corrected chi connectivity index (χ2v) is 4.96. The summed E-state index contributed by atoms with van der Waals surface area (Å²) in [5.74, 6) is 7.91. The van der Waals surface area contributed by atoms with Gasteiger partial charge in [0.15, 0.2) is 0 Å². The SMILES string of the molecule is CC(=O)N1CCC(CCC#CC(C)C)CC1. The zero-order valence-electron chi connectivity index (χ0n) is 10.8. The van der Waals surface area contributed by atoms with Crippen molar-refractivity contribution in [3.63, 3.8) is 0 Å². The summed E-state index contributed by atoms with van der Waals surface area (Å²) in [5.41, 5.74) is 0. The third-order valence-electron chi connectivity index (χ3n) is 3.13. The highest BCUT2D eigenvalue weighted by Crippen LogP contribution is 2.21. The first-order valence-corrected chi connectivity index (χ1v) is 6.33. The fourth-order valence-corrected chi connectivity index (χ4v) is 2.09. The monoisotopic (exact) mass is 221 g/mol. The van der Waals surface area contributed by atoms with Gasteiger partial charge in [0, 0.05) is 32.4 Å². The fourth-order valence-electron chi connectivity index (χ4n) is 2.09. The Hall–Kier alpha value is -0.970. The fraction of sp³-hybridized carbons (Fsp3) is 0.786. The largest absolute Gasteiger partial charge is 0.343 e. The van der Waals surface area contributed by atoms with Gasteiger partial charge in [-0.2, -0.15) is 0 Å². The molecule has 1 amide bonds. The summed E-state index contributed by atoms with van der Waals surface area (Å²) in [6.07, 6.45) is 4.53. The Bertz CT molecular complexity index is 277. The van der Waals surface area contributed by atoms with Crippen LogP contribution < -0.4 is 0 Å². The zero-order chi connectivity index (χ0) is 12.0. The van der Waals surface area contributed by atoms with Crippen molar-refractivity contribution in [2.45, 2.75) is 46.5 Å². The van der Waals surface area contributed by atoms with Crippen molar-refractivity contribution in [2.24, 2.45) is 11.8 Å². The summed E-state index contributed by atoms with van der Waals surface area (Å²) in [4.78, 5) is 13.1. The maximum absolute atomic E-state index is 11.1. The van der Waals surface area contributed by atoms with E-state index in [0.29, 0.717) is 5.92 Å². The lowest BCUT2D eigenvalue weighted by atomic mass is 9.92. The number of rotatable bonds is 2.